The van der Waals surface area contributed by atoms with Crippen LogP contribution >= 0.6 is 0 Å². The Hall–Kier alpha value is -2.04. The highest BCUT2D eigenvalue weighted by atomic mass is 15.4. The zero-order valence-corrected chi connectivity index (χ0v) is 10.6. The number of aryl methyl sites for hydroxylation is 2. The predicted octanol–water partition coefficient (Wildman–Crippen LogP) is 1.92. The third-order valence-corrected chi connectivity index (χ3v) is 2.71. The van der Waals surface area contributed by atoms with Crippen molar-refractivity contribution < 1.29 is 0 Å². The van der Waals surface area contributed by atoms with Gasteiger partial charge in [0.05, 0.1) is 0 Å². The minimum Gasteiger partial charge on any atom is -0.368 e. The molecule has 0 saturated heterocycles. The van der Waals surface area contributed by atoms with Gasteiger partial charge in [-0.05, 0) is 25.3 Å². The summed E-state index contributed by atoms with van der Waals surface area (Å²) in [6.45, 7) is 3.60. The summed E-state index contributed by atoms with van der Waals surface area (Å²) >= 11 is 0. The van der Waals surface area contributed by atoms with Gasteiger partial charge in [-0.15, -0.1) is 5.10 Å². The summed E-state index contributed by atoms with van der Waals surface area (Å²) in [7, 11) is 0. The first-order valence-corrected chi connectivity index (χ1v) is 6.27. The summed E-state index contributed by atoms with van der Waals surface area (Å²) in [6, 6.07) is 10.4. The highest BCUT2D eigenvalue weighted by molar-refractivity contribution is 5.31. The Balaban J connectivity index is 1.86. The molecule has 5 heteroatoms. The molecular formula is C13H19N5. The van der Waals surface area contributed by atoms with Gasteiger partial charge in [0, 0.05) is 13.1 Å². The lowest BCUT2D eigenvalue weighted by molar-refractivity contribution is 0.586. The number of nitrogens with two attached hydrogens (primary N) is 1. The van der Waals surface area contributed by atoms with Crippen LogP contribution in [0.1, 0.15) is 18.9 Å². The Bertz CT molecular complexity index is 477. The highest BCUT2D eigenvalue weighted by Gasteiger charge is 2.05. The average Bonchev–Trinajstić information content (AvgIpc) is 2.72. The molecule has 1 aromatic carbocycles. The van der Waals surface area contributed by atoms with Crippen LogP contribution in [0, 0.1) is 0 Å². The maximum atomic E-state index is 5.80. The summed E-state index contributed by atoms with van der Waals surface area (Å²) < 4.78 is 1.75. The fourth-order valence-electron chi connectivity index (χ4n) is 1.83. The molecule has 5 nitrogen and oxygen atoms in total. The van der Waals surface area contributed by atoms with Gasteiger partial charge in [0.25, 0.3) is 0 Å². The largest absolute Gasteiger partial charge is 0.368 e. The summed E-state index contributed by atoms with van der Waals surface area (Å²) in [5.41, 5.74) is 7.14. The van der Waals surface area contributed by atoms with E-state index in [0.717, 1.165) is 25.9 Å². The molecule has 0 atom stereocenters. The van der Waals surface area contributed by atoms with Crippen LogP contribution in [-0.2, 0) is 13.0 Å². The number of aromatic nitrogens is 3. The molecular weight excluding hydrogens is 226 g/mol. The van der Waals surface area contributed by atoms with E-state index in [9.17, 15) is 0 Å². The summed E-state index contributed by atoms with van der Waals surface area (Å²) in [4.78, 5) is 4.14. The molecule has 0 spiro atoms. The molecule has 0 bridgehead atoms. The third kappa shape index (κ3) is 3.23. The van der Waals surface area contributed by atoms with Gasteiger partial charge in [-0.25, -0.2) is 4.68 Å². The highest BCUT2D eigenvalue weighted by Crippen LogP contribution is 2.08. The van der Waals surface area contributed by atoms with E-state index < -0.39 is 0 Å². The van der Waals surface area contributed by atoms with Gasteiger partial charge >= 0.3 is 0 Å². The lowest BCUT2D eigenvalue weighted by Crippen LogP contribution is -2.06. The van der Waals surface area contributed by atoms with Crippen molar-refractivity contribution in [2.75, 3.05) is 17.6 Å². The van der Waals surface area contributed by atoms with E-state index in [4.69, 9.17) is 5.73 Å². The fraction of sp³-hybridized carbons (Fsp3) is 0.385. The van der Waals surface area contributed by atoms with Crippen molar-refractivity contribution in [3.8, 4) is 0 Å². The molecule has 0 aliphatic heterocycles. The molecule has 0 unspecified atom stereocenters. The van der Waals surface area contributed by atoms with Crippen LogP contribution in [0.5, 0.6) is 0 Å². The number of anilines is 2. The van der Waals surface area contributed by atoms with Crippen molar-refractivity contribution in [2.45, 2.75) is 26.3 Å². The van der Waals surface area contributed by atoms with Crippen molar-refractivity contribution in [1.29, 1.82) is 0 Å². The van der Waals surface area contributed by atoms with Gasteiger partial charge in [0.2, 0.25) is 11.9 Å². The Kier molecular flexibility index (Phi) is 4.17. The first kappa shape index (κ1) is 12.4. The quantitative estimate of drug-likeness (QED) is 0.816. The van der Waals surface area contributed by atoms with Crippen molar-refractivity contribution in [2.24, 2.45) is 0 Å². The SMILES string of the molecule is CCNc1nc(N)n(CCCc2ccccc2)n1. The molecule has 2 aromatic rings. The van der Waals surface area contributed by atoms with Gasteiger partial charge in [-0.3, -0.25) is 0 Å². The second kappa shape index (κ2) is 6.05. The van der Waals surface area contributed by atoms with Crippen molar-refractivity contribution in [3.63, 3.8) is 0 Å². The van der Waals surface area contributed by atoms with Gasteiger partial charge in [0.1, 0.15) is 0 Å². The van der Waals surface area contributed by atoms with Crippen LogP contribution in [0.2, 0.25) is 0 Å². The molecule has 2 rings (SSSR count). The van der Waals surface area contributed by atoms with Crippen molar-refractivity contribution in [3.05, 3.63) is 35.9 Å². The molecule has 0 aliphatic rings. The van der Waals surface area contributed by atoms with Crippen LogP contribution in [0.3, 0.4) is 0 Å². The lowest BCUT2D eigenvalue weighted by atomic mass is 10.1. The number of benzene rings is 1. The number of hydrogen-bond acceptors (Lipinski definition) is 4. The van der Waals surface area contributed by atoms with Gasteiger partial charge in [0.15, 0.2) is 0 Å². The average molecular weight is 245 g/mol. The molecule has 0 aliphatic carbocycles. The number of nitrogens with zero attached hydrogens (tertiary/aromatic N) is 3. The normalized spacial score (nSPS) is 10.5. The van der Waals surface area contributed by atoms with Gasteiger partial charge in [-0.2, -0.15) is 4.98 Å². The molecule has 1 aromatic heterocycles. The van der Waals surface area contributed by atoms with Crippen molar-refractivity contribution >= 4 is 11.9 Å². The number of nitrogens with one attached hydrogen (secondary N) is 1. The minimum atomic E-state index is 0.471. The zero-order valence-electron chi connectivity index (χ0n) is 10.6. The summed E-state index contributed by atoms with van der Waals surface area (Å²) in [6.07, 6.45) is 2.03. The smallest absolute Gasteiger partial charge is 0.243 e. The molecule has 3 N–H and O–H groups in total. The molecule has 0 saturated carbocycles. The van der Waals surface area contributed by atoms with E-state index in [2.05, 4.69) is 39.7 Å². The topological polar surface area (TPSA) is 68.8 Å². The van der Waals surface area contributed by atoms with E-state index in [1.807, 2.05) is 13.0 Å². The maximum Gasteiger partial charge on any atom is 0.243 e. The molecule has 0 fully saturated rings. The number of nitrogen functional groups attached to an aromatic ring is 1. The van der Waals surface area contributed by atoms with Crippen LogP contribution < -0.4 is 11.1 Å². The second-order valence-corrected chi connectivity index (χ2v) is 4.14. The maximum absolute atomic E-state index is 5.80. The number of hydrogen-bond donors (Lipinski definition) is 2. The molecule has 0 radical (unpaired) electrons. The molecule has 18 heavy (non-hydrogen) atoms. The van der Waals surface area contributed by atoms with Crippen LogP contribution in [0.15, 0.2) is 30.3 Å². The number of rotatable bonds is 6. The summed E-state index contributed by atoms with van der Waals surface area (Å²) in [5, 5.41) is 7.35. The molecule has 96 valence electrons. The van der Waals surface area contributed by atoms with Crippen LogP contribution in [0.4, 0.5) is 11.9 Å². The Morgan fingerprint density at radius 2 is 2.06 bits per heavy atom. The third-order valence-electron chi connectivity index (χ3n) is 2.71. The zero-order chi connectivity index (χ0) is 12.8. The van der Waals surface area contributed by atoms with E-state index in [-0.39, 0.29) is 0 Å². The first-order valence-electron chi connectivity index (χ1n) is 6.27. The Morgan fingerprint density at radius 3 is 2.78 bits per heavy atom. The second-order valence-electron chi connectivity index (χ2n) is 4.14. The predicted molar refractivity (Wildman–Crippen MR) is 73.4 cm³/mol. The Labute approximate surface area is 107 Å². The first-order chi connectivity index (χ1) is 8.79. The fourth-order valence-corrected chi connectivity index (χ4v) is 1.83. The van der Waals surface area contributed by atoms with E-state index in [1.54, 1.807) is 4.68 Å². The van der Waals surface area contributed by atoms with E-state index >= 15 is 0 Å². The van der Waals surface area contributed by atoms with Crippen molar-refractivity contribution in [1.82, 2.24) is 14.8 Å². The minimum absolute atomic E-state index is 0.471. The van der Waals surface area contributed by atoms with E-state index in [1.165, 1.54) is 5.56 Å². The molecule has 0 amide bonds. The monoisotopic (exact) mass is 245 g/mol. The summed E-state index contributed by atoms with van der Waals surface area (Å²) in [5.74, 6) is 1.08. The standard InChI is InChI=1S/C13H19N5/c1-2-15-13-16-12(14)18(17-13)10-6-9-11-7-4-3-5-8-11/h3-5,7-8H,2,6,9-10H2,1H3,(H3,14,15,16,17). The van der Waals surface area contributed by atoms with Crippen LogP contribution in [0.25, 0.3) is 0 Å². The molecule has 1 heterocycles. The lowest BCUT2D eigenvalue weighted by Gasteiger charge is -2.03. The van der Waals surface area contributed by atoms with Gasteiger partial charge < -0.3 is 11.1 Å². The van der Waals surface area contributed by atoms with Crippen LogP contribution in [-0.4, -0.2) is 21.3 Å². The van der Waals surface area contributed by atoms with E-state index in [0.29, 0.717) is 11.9 Å². The van der Waals surface area contributed by atoms with Gasteiger partial charge in [-0.1, -0.05) is 30.3 Å². The Morgan fingerprint density at radius 1 is 1.28 bits per heavy atom.